The summed E-state index contributed by atoms with van der Waals surface area (Å²) in [4.78, 5) is 7.28. The van der Waals surface area contributed by atoms with Crippen molar-refractivity contribution < 1.29 is 23.4 Å². The third-order valence-corrected chi connectivity index (χ3v) is 4.76. The Balaban J connectivity index is 1.55. The third-order valence-electron chi connectivity index (χ3n) is 4.76. The first kappa shape index (κ1) is 21.5. The summed E-state index contributed by atoms with van der Waals surface area (Å²) < 4.78 is 30.1. The minimum absolute atomic E-state index is 0.301. The number of ether oxygens (including phenoxy) is 3. The molecule has 30 heavy (non-hydrogen) atoms. The molecule has 1 fully saturated rings. The molecular weight excluding hydrogens is 387 g/mol. The Labute approximate surface area is 176 Å². The van der Waals surface area contributed by atoms with Crippen molar-refractivity contribution in [2.24, 2.45) is 0 Å². The molecule has 7 heteroatoms. The molecule has 3 rings (SSSR count). The number of nitrogens with zero attached hydrogens (tertiary/aromatic N) is 1. The molecule has 0 saturated carbocycles. The van der Waals surface area contributed by atoms with E-state index in [0.29, 0.717) is 37.2 Å². The predicted molar refractivity (Wildman–Crippen MR) is 114 cm³/mol. The van der Waals surface area contributed by atoms with Gasteiger partial charge in [-0.3, -0.25) is 0 Å². The lowest BCUT2D eigenvalue weighted by Gasteiger charge is -2.20. The van der Waals surface area contributed by atoms with Crippen LogP contribution in [0.2, 0.25) is 0 Å². The summed E-state index contributed by atoms with van der Waals surface area (Å²) in [6.45, 7) is 5.55. The van der Waals surface area contributed by atoms with Gasteiger partial charge in [-0.2, -0.15) is 0 Å². The molecule has 1 heterocycles. The van der Waals surface area contributed by atoms with Crippen molar-refractivity contribution in [3.8, 4) is 11.5 Å². The summed E-state index contributed by atoms with van der Waals surface area (Å²) in [5, 5.41) is 0. The molecule has 0 aromatic heterocycles. The Morgan fingerprint density at radius 1 is 1.17 bits per heavy atom. The summed E-state index contributed by atoms with van der Waals surface area (Å²) >= 11 is 0. The number of benzene rings is 2. The van der Waals surface area contributed by atoms with Crippen LogP contribution in [0.3, 0.4) is 0 Å². The standard InChI is InChI=1S/C23H27FN2O4/c1-17(27-3)26(2)21-6-4-19(5-7-21)16-29-22-12-20(24)13-23(14-22)30-25-15-18-8-10-28-11-9-18/h4-7,12-15,25H,1,8-11,16H2,2-3H3. The molecule has 1 saturated heterocycles. The lowest BCUT2D eigenvalue weighted by Crippen LogP contribution is -2.16. The smallest absolute Gasteiger partial charge is 0.185 e. The molecule has 2 aromatic carbocycles. The first-order chi connectivity index (χ1) is 14.5. The maximum absolute atomic E-state index is 13.9. The van der Waals surface area contributed by atoms with Gasteiger partial charge in [0.25, 0.3) is 0 Å². The molecular formula is C23H27FN2O4. The van der Waals surface area contributed by atoms with Crippen LogP contribution in [0, 0.1) is 5.82 Å². The maximum Gasteiger partial charge on any atom is 0.185 e. The van der Waals surface area contributed by atoms with Crippen LogP contribution < -0.4 is 20.0 Å². The summed E-state index contributed by atoms with van der Waals surface area (Å²) in [7, 11) is 3.45. The zero-order valence-corrected chi connectivity index (χ0v) is 17.3. The lowest BCUT2D eigenvalue weighted by atomic mass is 10.1. The first-order valence-corrected chi connectivity index (χ1v) is 9.72. The monoisotopic (exact) mass is 414 g/mol. The number of hydroxylamine groups is 1. The second kappa shape index (κ2) is 10.5. The van der Waals surface area contributed by atoms with Crippen molar-refractivity contribution in [2.45, 2.75) is 19.4 Å². The fraction of sp³-hybridized carbons (Fsp3) is 0.304. The van der Waals surface area contributed by atoms with E-state index in [1.54, 1.807) is 19.4 Å². The third kappa shape index (κ3) is 6.15. The summed E-state index contributed by atoms with van der Waals surface area (Å²) in [6.07, 6.45) is 3.52. The van der Waals surface area contributed by atoms with Crippen molar-refractivity contribution in [1.82, 2.24) is 5.48 Å². The van der Waals surface area contributed by atoms with Crippen molar-refractivity contribution in [2.75, 3.05) is 32.3 Å². The highest BCUT2D eigenvalue weighted by Crippen LogP contribution is 2.24. The Morgan fingerprint density at radius 3 is 2.57 bits per heavy atom. The van der Waals surface area contributed by atoms with Crippen molar-refractivity contribution >= 4 is 5.69 Å². The van der Waals surface area contributed by atoms with Crippen LogP contribution in [0.25, 0.3) is 0 Å². The molecule has 160 valence electrons. The summed E-state index contributed by atoms with van der Waals surface area (Å²) in [5.41, 5.74) is 5.86. The van der Waals surface area contributed by atoms with Crippen molar-refractivity contribution in [1.29, 1.82) is 0 Å². The molecule has 1 N–H and O–H groups in total. The minimum Gasteiger partial charge on any atom is -0.489 e. The second-order valence-electron chi connectivity index (χ2n) is 6.87. The Bertz CT molecular complexity index is 875. The zero-order valence-electron chi connectivity index (χ0n) is 17.3. The highest BCUT2D eigenvalue weighted by Gasteiger charge is 2.08. The normalized spacial score (nSPS) is 13.4. The number of halogens is 1. The van der Waals surface area contributed by atoms with Gasteiger partial charge in [-0.25, -0.2) is 9.87 Å². The Kier molecular flexibility index (Phi) is 7.57. The average Bonchev–Trinajstić information content (AvgIpc) is 2.77. The quantitative estimate of drug-likeness (QED) is 0.480. The topological polar surface area (TPSA) is 52.2 Å². The molecule has 0 amide bonds. The van der Waals surface area contributed by atoms with Crippen LogP contribution in [0.5, 0.6) is 11.5 Å². The fourth-order valence-electron chi connectivity index (χ4n) is 2.90. The predicted octanol–water partition coefficient (Wildman–Crippen LogP) is 4.54. The highest BCUT2D eigenvalue weighted by molar-refractivity contribution is 5.50. The number of rotatable bonds is 9. The number of methoxy groups -OCH3 is 1. The number of hydrogen-bond donors (Lipinski definition) is 1. The van der Waals surface area contributed by atoms with Crippen LogP contribution in [0.15, 0.2) is 66.7 Å². The Hall–Kier alpha value is -3.19. The lowest BCUT2D eigenvalue weighted by molar-refractivity contribution is 0.117. The van der Waals surface area contributed by atoms with E-state index in [0.717, 1.165) is 24.1 Å². The van der Waals surface area contributed by atoms with Crippen LogP contribution in [-0.4, -0.2) is 27.4 Å². The second-order valence-corrected chi connectivity index (χ2v) is 6.87. The molecule has 1 aliphatic heterocycles. The van der Waals surface area contributed by atoms with Gasteiger partial charge in [-0.1, -0.05) is 12.1 Å². The van der Waals surface area contributed by atoms with E-state index in [9.17, 15) is 4.39 Å². The average molecular weight is 414 g/mol. The van der Waals surface area contributed by atoms with Crippen LogP contribution in [0.1, 0.15) is 18.4 Å². The molecule has 0 radical (unpaired) electrons. The van der Waals surface area contributed by atoms with Gasteiger partial charge in [0.15, 0.2) is 11.6 Å². The molecule has 0 atom stereocenters. The van der Waals surface area contributed by atoms with E-state index in [-0.39, 0.29) is 0 Å². The van der Waals surface area contributed by atoms with Gasteiger partial charge in [0, 0.05) is 37.1 Å². The molecule has 2 aromatic rings. The van der Waals surface area contributed by atoms with E-state index in [1.165, 1.54) is 17.7 Å². The highest BCUT2D eigenvalue weighted by atomic mass is 19.1. The van der Waals surface area contributed by atoms with E-state index >= 15 is 0 Å². The summed E-state index contributed by atoms with van der Waals surface area (Å²) in [5.74, 6) is 0.842. The maximum atomic E-state index is 13.9. The molecule has 0 aliphatic carbocycles. The minimum atomic E-state index is -0.432. The van der Waals surface area contributed by atoms with Gasteiger partial charge < -0.3 is 23.9 Å². The van der Waals surface area contributed by atoms with Gasteiger partial charge >= 0.3 is 0 Å². The van der Waals surface area contributed by atoms with E-state index < -0.39 is 5.82 Å². The number of hydrogen-bond acceptors (Lipinski definition) is 6. The first-order valence-electron chi connectivity index (χ1n) is 9.72. The van der Waals surface area contributed by atoms with Crippen molar-refractivity contribution in [3.05, 3.63) is 78.1 Å². The summed E-state index contributed by atoms with van der Waals surface area (Å²) in [6, 6.07) is 12.0. The molecule has 0 spiro atoms. The van der Waals surface area contributed by atoms with Gasteiger partial charge in [0.2, 0.25) is 0 Å². The van der Waals surface area contributed by atoms with E-state index in [1.807, 2.05) is 36.2 Å². The largest absolute Gasteiger partial charge is 0.489 e. The Morgan fingerprint density at radius 2 is 1.87 bits per heavy atom. The van der Waals surface area contributed by atoms with Gasteiger partial charge in [0.05, 0.1) is 20.3 Å². The molecule has 6 nitrogen and oxygen atoms in total. The van der Waals surface area contributed by atoms with Gasteiger partial charge in [-0.15, -0.1) is 0 Å². The van der Waals surface area contributed by atoms with Gasteiger partial charge in [0.1, 0.15) is 18.2 Å². The van der Waals surface area contributed by atoms with Crippen molar-refractivity contribution in [3.63, 3.8) is 0 Å². The van der Waals surface area contributed by atoms with E-state index in [4.69, 9.17) is 19.0 Å². The van der Waals surface area contributed by atoms with Crippen LogP contribution >= 0.6 is 0 Å². The SMILES string of the molecule is C=C(OC)N(C)c1ccc(COc2cc(F)cc(ONC=C3CCOCC3)c2)cc1. The van der Waals surface area contributed by atoms with Crippen LogP contribution in [-0.2, 0) is 16.1 Å². The number of anilines is 1. The number of nitrogens with one attached hydrogen (secondary N) is 1. The molecule has 0 bridgehead atoms. The van der Waals surface area contributed by atoms with Crippen LogP contribution in [0.4, 0.5) is 10.1 Å². The molecule has 1 aliphatic rings. The fourth-order valence-corrected chi connectivity index (χ4v) is 2.90. The molecule has 0 unspecified atom stereocenters. The zero-order chi connectivity index (χ0) is 21.3. The van der Waals surface area contributed by atoms with E-state index in [2.05, 4.69) is 12.1 Å². The van der Waals surface area contributed by atoms with Gasteiger partial charge in [-0.05, 0) is 42.7 Å².